The van der Waals surface area contributed by atoms with Gasteiger partial charge in [0.25, 0.3) is 5.91 Å². The molecule has 128 valence electrons. The molecule has 5 heteroatoms. The van der Waals surface area contributed by atoms with Gasteiger partial charge in [0.15, 0.2) is 5.76 Å². The van der Waals surface area contributed by atoms with Crippen molar-refractivity contribution in [3.63, 3.8) is 0 Å². The molecule has 3 rings (SSSR count). The number of furan rings is 1. The fourth-order valence-corrected chi connectivity index (χ4v) is 3.15. The molecule has 1 amide bonds. The highest BCUT2D eigenvalue weighted by atomic mass is 16.5. The molecule has 2 fully saturated rings. The number of nitrogens with zero attached hydrogens (tertiary/aromatic N) is 2. The van der Waals surface area contributed by atoms with Gasteiger partial charge in [0.05, 0.1) is 12.7 Å². The van der Waals surface area contributed by atoms with E-state index in [0.717, 1.165) is 44.0 Å². The molecule has 1 saturated carbocycles. The third kappa shape index (κ3) is 4.15. The van der Waals surface area contributed by atoms with Crippen LogP contribution in [0.2, 0.25) is 0 Å². The van der Waals surface area contributed by atoms with Gasteiger partial charge in [-0.3, -0.25) is 4.79 Å². The van der Waals surface area contributed by atoms with Crippen molar-refractivity contribution in [2.24, 2.45) is 5.92 Å². The fraction of sp³-hybridized carbons (Fsp3) is 0.722. The van der Waals surface area contributed by atoms with Crippen molar-refractivity contribution in [1.29, 1.82) is 0 Å². The number of morpholine rings is 1. The lowest BCUT2D eigenvalue weighted by Gasteiger charge is -2.33. The number of hydrogen-bond donors (Lipinski definition) is 0. The largest absolute Gasteiger partial charge is 0.456 e. The number of carbonyl (C=O) groups is 1. The van der Waals surface area contributed by atoms with Crippen LogP contribution in [0.1, 0.15) is 41.6 Å². The lowest BCUT2D eigenvalue weighted by molar-refractivity contribution is -0.0335. The Morgan fingerprint density at radius 3 is 2.78 bits per heavy atom. The first-order valence-electron chi connectivity index (χ1n) is 8.75. The highest BCUT2D eigenvalue weighted by Crippen LogP contribution is 2.31. The van der Waals surface area contributed by atoms with Crippen molar-refractivity contribution >= 4 is 5.91 Å². The molecule has 0 unspecified atom stereocenters. The molecule has 1 saturated heterocycles. The van der Waals surface area contributed by atoms with Gasteiger partial charge in [-0.15, -0.1) is 0 Å². The van der Waals surface area contributed by atoms with Gasteiger partial charge in [-0.05, 0) is 38.8 Å². The average molecular weight is 320 g/mol. The lowest BCUT2D eigenvalue weighted by Crippen LogP contribution is -2.48. The third-order valence-electron chi connectivity index (χ3n) is 4.74. The van der Waals surface area contributed by atoms with Crippen molar-refractivity contribution < 1.29 is 13.9 Å². The summed E-state index contributed by atoms with van der Waals surface area (Å²) in [6.45, 7) is 8.06. The lowest BCUT2D eigenvalue weighted by atomic mass is 10.2. The number of ether oxygens (including phenoxy) is 1. The predicted octanol–water partition coefficient (Wildman–Crippen LogP) is 2.33. The van der Waals surface area contributed by atoms with Gasteiger partial charge in [0.2, 0.25) is 0 Å². The molecular weight excluding hydrogens is 292 g/mol. The molecule has 2 heterocycles. The zero-order valence-corrected chi connectivity index (χ0v) is 14.5. The topological polar surface area (TPSA) is 45.9 Å². The summed E-state index contributed by atoms with van der Waals surface area (Å²) in [6.07, 6.45) is 3.37. The highest BCUT2D eigenvalue weighted by Gasteiger charge is 2.32. The number of hydrogen-bond acceptors (Lipinski definition) is 4. The summed E-state index contributed by atoms with van der Waals surface area (Å²) in [4.78, 5) is 17.2. The van der Waals surface area contributed by atoms with E-state index in [-0.39, 0.29) is 12.0 Å². The van der Waals surface area contributed by atoms with Gasteiger partial charge in [-0.1, -0.05) is 6.92 Å². The summed E-state index contributed by atoms with van der Waals surface area (Å²) >= 11 is 0. The molecule has 1 aliphatic heterocycles. The smallest absolute Gasteiger partial charge is 0.289 e. The van der Waals surface area contributed by atoms with Crippen LogP contribution in [-0.2, 0) is 11.2 Å². The molecule has 1 aromatic rings. The van der Waals surface area contributed by atoms with Crippen molar-refractivity contribution in [2.45, 2.75) is 39.2 Å². The average Bonchev–Trinajstić information content (AvgIpc) is 3.26. The van der Waals surface area contributed by atoms with Crippen LogP contribution in [0.3, 0.4) is 0 Å². The number of rotatable bonds is 6. The van der Waals surface area contributed by atoms with E-state index in [1.54, 1.807) is 0 Å². The second kappa shape index (κ2) is 7.05. The number of amides is 1. The predicted molar refractivity (Wildman–Crippen MR) is 88.7 cm³/mol. The SMILES string of the molecule is CCc1cc(C)c(C(=O)N(CC2CC2)C[C@@H]2CN(C)CCO2)o1. The summed E-state index contributed by atoms with van der Waals surface area (Å²) in [7, 11) is 2.10. The van der Waals surface area contributed by atoms with E-state index < -0.39 is 0 Å². The van der Waals surface area contributed by atoms with Crippen molar-refractivity contribution in [3.05, 3.63) is 23.2 Å². The van der Waals surface area contributed by atoms with Crippen molar-refractivity contribution in [1.82, 2.24) is 9.80 Å². The Bertz CT molecular complexity index is 550. The summed E-state index contributed by atoms with van der Waals surface area (Å²) in [5.74, 6) is 2.06. The van der Waals surface area contributed by atoms with Crippen LogP contribution >= 0.6 is 0 Å². The number of carbonyl (C=O) groups excluding carboxylic acids is 1. The molecule has 2 aliphatic rings. The van der Waals surface area contributed by atoms with Gasteiger partial charge in [0, 0.05) is 38.2 Å². The zero-order chi connectivity index (χ0) is 16.4. The molecule has 0 radical (unpaired) electrons. The van der Waals surface area contributed by atoms with Crippen LogP contribution in [0, 0.1) is 12.8 Å². The molecular formula is C18H28N2O3. The molecule has 1 aliphatic carbocycles. The minimum Gasteiger partial charge on any atom is -0.456 e. The number of likely N-dealkylation sites (N-methyl/N-ethyl adjacent to an activating group) is 1. The van der Waals surface area contributed by atoms with E-state index >= 15 is 0 Å². The van der Waals surface area contributed by atoms with Crippen LogP contribution in [-0.4, -0.2) is 61.6 Å². The quantitative estimate of drug-likeness (QED) is 0.807. The standard InChI is InChI=1S/C18H28N2O3/c1-4-15-9-13(2)17(23-15)18(21)20(10-14-5-6-14)12-16-11-19(3)7-8-22-16/h9,14,16H,4-8,10-12H2,1-3H3/t16-/m0/s1. The van der Waals surface area contributed by atoms with Crippen molar-refractivity contribution in [3.8, 4) is 0 Å². The van der Waals surface area contributed by atoms with Crippen LogP contribution in [0.4, 0.5) is 0 Å². The van der Waals surface area contributed by atoms with E-state index in [0.29, 0.717) is 18.2 Å². The van der Waals surface area contributed by atoms with E-state index in [9.17, 15) is 4.79 Å². The molecule has 5 nitrogen and oxygen atoms in total. The van der Waals surface area contributed by atoms with Gasteiger partial charge in [-0.25, -0.2) is 0 Å². The monoisotopic (exact) mass is 320 g/mol. The minimum absolute atomic E-state index is 0.0194. The zero-order valence-electron chi connectivity index (χ0n) is 14.5. The normalized spacial score (nSPS) is 22.3. The van der Waals surface area contributed by atoms with Gasteiger partial charge in [-0.2, -0.15) is 0 Å². The number of aryl methyl sites for hydroxylation is 2. The van der Waals surface area contributed by atoms with E-state index in [1.807, 2.05) is 24.8 Å². The molecule has 0 spiro atoms. The Balaban J connectivity index is 1.71. The van der Waals surface area contributed by atoms with Gasteiger partial charge < -0.3 is 19.0 Å². The first kappa shape index (κ1) is 16.5. The highest BCUT2D eigenvalue weighted by molar-refractivity contribution is 5.93. The maximum atomic E-state index is 13.0. The second-order valence-corrected chi connectivity index (χ2v) is 6.99. The first-order valence-corrected chi connectivity index (χ1v) is 8.75. The Labute approximate surface area is 138 Å². The Kier molecular flexibility index (Phi) is 5.07. The molecule has 1 aromatic heterocycles. The van der Waals surface area contributed by atoms with Crippen LogP contribution in [0.25, 0.3) is 0 Å². The maximum absolute atomic E-state index is 13.0. The molecule has 0 aromatic carbocycles. The third-order valence-corrected chi connectivity index (χ3v) is 4.74. The van der Waals surface area contributed by atoms with Gasteiger partial charge >= 0.3 is 0 Å². The minimum atomic E-state index is 0.0194. The Hall–Kier alpha value is -1.33. The van der Waals surface area contributed by atoms with Gasteiger partial charge in [0.1, 0.15) is 5.76 Å². The second-order valence-electron chi connectivity index (χ2n) is 6.99. The Morgan fingerprint density at radius 2 is 2.17 bits per heavy atom. The van der Waals surface area contributed by atoms with E-state index in [1.165, 1.54) is 12.8 Å². The molecule has 0 N–H and O–H groups in total. The molecule has 0 bridgehead atoms. The van der Waals surface area contributed by atoms with E-state index in [2.05, 4.69) is 11.9 Å². The summed E-state index contributed by atoms with van der Waals surface area (Å²) in [5, 5.41) is 0. The van der Waals surface area contributed by atoms with Crippen LogP contribution in [0.5, 0.6) is 0 Å². The molecule has 23 heavy (non-hydrogen) atoms. The van der Waals surface area contributed by atoms with Crippen LogP contribution in [0.15, 0.2) is 10.5 Å². The summed E-state index contributed by atoms with van der Waals surface area (Å²) in [5.41, 5.74) is 0.939. The molecule has 1 atom stereocenters. The summed E-state index contributed by atoms with van der Waals surface area (Å²) in [6, 6.07) is 1.98. The van der Waals surface area contributed by atoms with Crippen molar-refractivity contribution in [2.75, 3.05) is 39.8 Å². The maximum Gasteiger partial charge on any atom is 0.289 e. The fourth-order valence-electron chi connectivity index (χ4n) is 3.15. The first-order chi connectivity index (χ1) is 11.1. The summed E-state index contributed by atoms with van der Waals surface area (Å²) < 4.78 is 11.6. The van der Waals surface area contributed by atoms with E-state index in [4.69, 9.17) is 9.15 Å². The van der Waals surface area contributed by atoms with Crippen LogP contribution < -0.4 is 0 Å². The Morgan fingerprint density at radius 1 is 1.39 bits per heavy atom.